The van der Waals surface area contributed by atoms with Gasteiger partial charge in [0.15, 0.2) is 0 Å². The van der Waals surface area contributed by atoms with E-state index in [1.165, 1.54) is 69.8 Å². The summed E-state index contributed by atoms with van der Waals surface area (Å²) in [5.41, 5.74) is 3.12. The van der Waals surface area contributed by atoms with Crippen molar-refractivity contribution in [2.24, 2.45) is 5.92 Å². The molecule has 2 rings (SSSR count). The van der Waals surface area contributed by atoms with Crippen molar-refractivity contribution in [3.8, 4) is 5.75 Å². The van der Waals surface area contributed by atoms with Gasteiger partial charge in [0, 0.05) is 0 Å². The molecular weight excluding hydrogens is 292 g/mol. The SMILES string of the molecule is CCCCCOc1ccc(CCC2=CCC(CCCC)CC2)cc1. The second kappa shape index (κ2) is 11.3. The normalized spacial score (nSPS) is 17.6. The van der Waals surface area contributed by atoms with Crippen LogP contribution in [0.1, 0.15) is 83.6 Å². The quantitative estimate of drug-likeness (QED) is 0.311. The van der Waals surface area contributed by atoms with Crippen molar-refractivity contribution >= 4 is 0 Å². The van der Waals surface area contributed by atoms with Crippen molar-refractivity contribution in [1.29, 1.82) is 0 Å². The molecule has 1 aliphatic rings. The smallest absolute Gasteiger partial charge is 0.119 e. The van der Waals surface area contributed by atoms with E-state index < -0.39 is 0 Å². The fraction of sp³-hybridized carbons (Fsp3) is 0.652. The van der Waals surface area contributed by atoms with E-state index in [2.05, 4.69) is 44.2 Å². The van der Waals surface area contributed by atoms with Crippen LogP contribution < -0.4 is 4.74 Å². The Hall–Kier alpha value is -1.24. The molecule has 0 aliphatic heterocycles. The van der Waals surface area contributed by atoms with E-state index in [1.807, 2.05) is 0 Å². The number of hydrogen-bond donors (Lipinski definition) is 0. The number of allylic oxidation sites excluding steroid dienone is 2. The van der Waals surface area contributed by atoms with Crippen LogP contribution in [0.3, 0.4) is 0 Å². The molecular formula is C23H36O. The van der Waals surface area contributed by atoms with Gasteiger partial charge in [-0.1, -0.05) is 69.7 Å². The van der Waals surface area contributed by atoms with E-state index in [0.29, 0.717) is 0 Å². The topological polar surface area (TPSA) is 9.23 Å². The maximum Gasteiger partial charge on any atom is 0.119 e. The van der Waals surface area contributed by atoms with Gasteiger partial charge in [-0.2, -0.15) is 0 Å². The van der Waals surface area contributed by atoms with Crippen molar-refractivity contribution in [1.82, 2.24) is 0 Å². The Bertz CT molecular complexity index is 471. The van der Waals surface area contributed by atoms with Gasteiger partial charge in [0.25, 0.3) is 0 Å². The number of hydrogen-bond acceptors (Lipinski definition) is 1. The van der Waals surface area contributed by atoms with Gasteiger partial charge in [-0.15, -0.1) is 0 Å². The number of ether oxygens (including phenoxy) is 1. The van der Waals surface area contributed by atoms with E-state index in [9.17, 15) is 0 Å². The lowest BCUT2D eigenvalue weighted by Crippen LogP contribution is -2.06. The minimum atomic E-state index is 0.846. The van der Waals surface area contributed by atoms with Gasteiger partial charge in [0.05, 0.1) is 6.61 Å². The standard InChI is InChI=1S/C23H36O/c1-3-5-7-19-24-23-17-15-22(16-18-23)14-13-21-11-9-20(10-12-21)8-6-4-2/h11,15-18,20H,3-10,12-14,19H2,1-2H3. The highest BCUT2D eigenvalue weighted by Gasteiger charge is 2.13. The Kier molecular flexibility index (Phi) is 9.02. The summed E-state index contributed by atoms with van der Waals surface area (Å²) in [7, 11) is 0. The lowest BCUT2D eigenvalue weighted by Gasteiger charge is -2.21. The highest BCUT2D eigenvalue weighted by Crippen LogP contribution is 2.29. The second-order valence-electron chi connectivity index (χ2n) is 7.34. The van der Waals surface area contributed by atoms with Crippen molar-refractivity contribution < 1.29 is 4.74 Å². The first-order valence-electron chi connectivity index (χ1n) is 10.2. The van der Waals surface area contributed by atoms with Crippen LogP contribution in [-0.2, 0) is 6.42 Å². The number of rotatable bonds is 11. The molecule has 0 spiro atoms. The van der Waals surface area contributed by atoms with E-state index in [4.69, 9.17) is 4.74 Å². The molecule has 0 bridgehead atoms. The van der Waals surface area contributed by atoms with Gasteiger partial charge in [-0.25, -0.2) is 0 Å². The number of aryl methyl sites for hydroxylation is 1. The van der Waals surface area contributed by atoms with E-state index in [1.54, 1.807) is 5.57 Å². The van der Waals surface area contributed by atoms with Gasteiger partial charge in [0.1, 0.15) is 5.75 Å². The van der Waals surface area contributed by atoms with Crippen LogP contribution in [0.2, 0.25) is 0 Å². The maximum absolute atomic E-state index is 5.79. The van der Waals surface area contributed by atoms with E-state index in [-0.39, 0.29) is 0 Å². The van der Waals surface area contributed by atoms with Gasteiger partial charge in [0.2, 0.25) is 0 Å². The minimum absolute atomic E-state index is 0.846. The first-order valence-corrected chi connectivity index (χ1v) is 10.2. The maximum atomic E-state index is 5.79. The summed E-state index contributed by atoms with van der Waals surface area (Å²) in [4.78, 5) is 0. The summed E-state index contributed by atoms with van der Waals surface area (Å²) in [6.45, 7) is 5.37. The average Bonchev–Trinajstić information content (AvgIpc) is 2.64. The fourth-order valence-electron chi connectivity index (χ4n) is 3.52. The van der Waals surface area contributed by atoms with Gasteiger partial charge in [-0.05, 0) is 62.1 Å². The second-order valence-corrected chi connectivity index (χ2v) is 7.34. The zero-order valence-corrected chi connectivity index (χ0v) is 15.9. The molecule has 0 radical (unpaired) electrons. The van der Waals surface area contributed by atoms with Crippen molar-refractivity contribution in [2.45, 2.75) is 84.5 Å². The summed E-state index contributed by atoms with van der Waals surface area (Å²) < 4.78 is 5.79. The lowest BCUT2D eigenvalue weighted by molar-refractivity contribution is 0.306. The Balaban J connectivity index is 1.68. The van der Waals surface area contributed by atoms with Crippen LogP contribution in [0.5, 0.6) is 5.75 Å². The zero-order chi connectivity index (χ0) is 17.0. The summed E-state index contributed by atoms with van der Waals surface area (Å²) >= 11 is 0. The summed E-state index contributed by atoms with van der Waals surface area (Å²) in [6.07, 6.45) is 16.8. The molecule has 0 amide bonds. The predicted molar refractivity (Wildman–Crippen MR) is 105 cm³/mol. The van der Waals surface area contributed by atoms with Crippen LogP contribution in [0.25, 0.3) is 0 Å². The third kappa shape index (κ3) is 7.11. The molecule has 1 atom stereocenters. The van der Waals surface area contributed by atoms with Crippen LogP contribution in [0.15, 0.2) is 35.9 Å². The molecule has 1 aromatic carbocycles. The summed E-state index contributed by atoms with van der Waals surface area (Å²) in [5.74, 6) is 1.98. The van der Waals surface area contributed by atoms with Crippen molar-refractivity contribution in [3.05, 3.63) is 41.5 Å². The van der Waals surface area contributed by atoms with E-state index >= 15 is 0 Å². The number of unbranched alkanes of at least 4 members (excludes halogenated alkanes) is 3. The first-order chi connectivity index (χ1) is 11.8. The molecule has 0 fully saturated rings. The third-order valence-corrected chi connectivity index (χ3v) is 5.25. The lowest BCUT2D eigenvalue weighted by atomic mass is 9.84. The monoisotopic (exact) mass is 328 g/mol. The molecule has 134 valence electrons. The fourth-order valence-corrected chi connectivity index (χ4v) is 3.52. The Morgan fingerprint density at radius 1 is 0.958 bits per heavy atom. The van der Waals surface area contributed by atoms with Crippen molar-refractivity contribution in [3.63, 3.8) is 0 Å². The molecule has 1 aliphatic carbocycles. The van der Waals surface area contributed by atoms with Crippen LogP contribution in [0.4, 0.5) is 0 Å². The number of benzene rings is 1. The molecule has 0 saturated carbocycles. The van der Waals surface area contributed by atoms with Gasteiger partial charge >= 0.3 is 0 Å². The molecule has 1 unspecified atom stereocenters. The average molecular weight is 329 g/mol. The van der Waals surface area contributed by atoms with E-state index in [0.717, 1.165) is 24.7 Å². The molecule has 0 aromatic heterocycles. The summed E-state index contributed by atoms with van der Waals surface area (Å²) in [6, 6.07) is 8.75. The highest BCUT2D eigenvalue weighted by atomic mass is 16.5. The van der Waals surface area contributed by atoms with Crippen LogP contribution in [-0.4, -0.2) is 6.61 Å². The molecule has 24 heavy (non-hydrogen) atoms. The largest absolute Gasteiger partial charge is 0.494 e. The molecule has 1 heteroatoms. The zero-order valence-electron chi connectivity index (χ0n) is 15.9. The molecule has 1 aromatic rings. The van der Waals surface area contributed by atoms with Crippen LogP contribution >= 0.6 is 0 Å². The minimum Gasteiger partial charge on any atom is -0.494 e. The highest BCUT2D eigenvalue weighted by molar-refractivity contribution is 5.28. The molecule has 1 nitrogen and oxygen atoms in total. The van der Waals surface area contributed by atoms with Crippen LogP contribution in [0, 0.1) is 5.92 Å². The third-order valence-electron chi connectivity index (χ3n) is 5.25. The predicted octanol–water partition coefficient (Wildman–Crippen LogP) is 7.10. The molecule has 0 heterocycles. The molecule has 0 N–H and O–H groups in total. The van der Waals surface area contributed by atoms with Gasteiger partial charge < -0.3 is 4.74 Å². The Morgan fingerprint density at radius 3 is 2.42 bits per heavy atom. The van der Waals surface area contributed by atoms with Gasteiger partial charge in [-0.3, -0.25) is 0 Å². The Labute approximate surface area is 149 Å². The summed E-state index contributed by atoms with van der Waals surface area (Å²) in [5, 5.41) is 0. The van der Waals surface area contributed by atoms with Crippen molar-refractivity contribution in [2.75, 3.05) is 6.61 Å². The molecule has 0 saturated heterocycles. The Morgan fingerprint density at radius 2 is 1.75 bits per heavy atom. The first kappa shape index (κ1) is 19.1.